The van der Waals surface area contributed by atoms with Crippen molar-refractivity contribution < 1.29 is 4.79 Å². The molecule has 0 aliphatic carbocycles. The fourth-order valence-corrected chi connectivity index (χ4v) is 1.48. The van der Waals surface area contributed by atoms with Gasteiger partial charge in [0.1, 0.15) is 0 Å². The molecule has 4 nitrogen and oxygen atoms in total. The second-order valence-corrected chi connectivity index (χ2v) is 4.04. The fourth-order valence-electron chi connectivity index (χ4n) is 1.35. The van der Waals surface area contributed by atoms with E-state index < -0.39 is 5.66 Å². The summed E-state index contributed by atoms with van der Waals surface area (Å²) in [5.74, 6) is -0.109. The van der Waals surface area contributed by atoms with Crippen molar-refractivity contribution in [2.75, 3.05) is 0 Å². The normalized spacial score (nSPS) is 23.3. The molecule has 1 aromatic rings. The number of carbonyl (C=O) groups is 1. The Hall–Kier alpha value is -1.55. The molecule has 1 unspecified atom stereocenters. The van der Waals surface area contributed by atoms with E-state index >= 15 is 0 Å². The molecule has 5 heteroatoms. The van der Waals surface area contributed by atoms with E-state index in [-0.39, 0.29) is 5.78 Å². The van der Waals surface area contributed by atoms with Gasteiger partial charge in [-0.3, -0.25) is 4.79 Å². The number of benzene rings is 1. The lowest BCUT2D eigenvalue weighted by Crippen LogP contribution is -2.23. The van der Waals surface area contributed by atoms with Crippen LogP contribution in [0.5, 0.6) is 0 Å². The molecular formula is C11H10ClN3O. The van der Waals surface area contributed by atoms with Crippen molar-refractivity contribution in [1.82, 2.24) is 0 Å². The van der Waals surface area contributed by atoms with Gasteiger partial charge in [-0.1, -0.05) is 11.6 Å². The van der Waals surface area contributed by atoms with Crippen molar-refractivity contribution in [2.24, 2.45) is 15.2 Å². The molecule has 1 aromatic carbocycles. The Bertz CT molecular complexity index is 492. The number of hydrogen-bond acceptors (Lipinski definition) is 4. The molecule has 1 aliphatic rings. The first-order chi connectivity index (χ1) is 7.54. The van der Waals surface area contributed by atoms with Crippen LogP contribution in [0.15, 0.2) is 39.5 Å². The van der Waals surface area contributed by atoms with Crippen LogP contribution < -0.4 is 0 Å². The van der Waals surface area contributed by atoms with Crippen LogP contribution in [0.4, 0.5) is 5.69 Å². The number of Topliss-reactive ketones (excluding diaryl/α,β-unsaturated/α-hetero) is 1. The van der Waals surface area contributed by atoms with Crippen molar-refractivity contribution in [1.29, 1.82) is 0 Å². The average Bonchev–Trinajstić information content (AvgIpc) is 2.90. The Morgan fingerprint density at radius 2 is 1.94 bits per heavy atom. The second-order valence-electron chi connectivity index (χ2n) is 3.60. The number of halogens is 1. The lowest BCUT2D eigenvalue weighted by Gasteiger charge is -2.01. The third kappa shape index (κ3) is 1.88. The molecule has 2 rings (SSSR count). The smallest absolute Gasteiger partial charge is 0.266 e. The second kappa shape index (κ2) is 3.79. The summed E-state index contributed by atoms with van der Waals surface area (Å²) >= 11 is 5.74. The Morgan fingerprint density at radius 3 is 2.38 bits per heavy atom. The molecular weight excluding hydrogens is 226 g/mol. The van der Waals surface area contributed by atoms with Gasteiger partial charge in [-0.05, 0) is 38.1 Å². The van der Waals surface area contributed by atoms with Crippen molar-refractivity contribution in [3.05, 3.63) is 29.3 Å². The van der Waals surface area contributed by atoms with E-state index in [1.54, 1.807) is 31.2 Å². The zero-order valence-corrected chi connectivity index (χ0v) is 9.69. The first-order valence-corrected chi connectivity index (χ1v) is 5.19. The van der Waals surface area contributed by atoms with Gasteiger partial charge < -0.3 is 0 Å². The van der Waals surface area contributed by atoms with E-state index in [0.29, 0.717) is 16.4 Å². The zero-order chi connectivity index (χ0) is 11.8. The zero-order valence-electron chi connectivity index (χ0n) is 8.94. The molecule has 16 heavy (non-hydrogen) atoms. The number of hydrogen-bond donors (Lipinski definition) is 0. The number of ketones is 1. The minimum atomic E-state index is -1.01. The summed E-state index contributed by atoms with van der Waals surface area (Å²) < 4.78 is 0. The predicted molar refractivity (Wildman–Crippen MR) is 62.5 cm³/mol. The molecule has 0 aromatic heterocycles. The molecule has 82 valence electrons. The van der Waals surface area contributed by atoms with Crippen molar-refractivity contribution >= 4 is 28.8 Å². The standard InChI is InChI=1S/C11H10ClN3O/c1-7-11(13-7,8(2)16)15-14-10-5-3-9(12)4-6-10/h3-6H,1-2H3. The van der Waals surface area contributed by atoms with E-state index in [4.69, 9.17) is 11.6 Å². The van der Waals surface area contributed by atoms with E-state index in [9.17, 15) is 4.79 Å². The number of carbonyl (C=O) groups excluding carboxylic acids is 1. The quantitative estimate of drug-likeness (QED) is 0.743. The molecule has 0 fully saturated rings. The minimum absolute atomic E-state index is 0.109. The number of azo groups is 1. The van der Waals surface area contributed by atoms with Gasteiger partial charge in [0.05, 0.1) is 11.4 Å². The number of aliphatic imine (C=N–C) groups is 1. The highest BCUT2D eigenvalue weighted by Gasteiger charge is 2.49. The highest BCUT2D eigenvalue weighted by molar-refractivity contribution is 6.30. The van der Waals surface area contributed by atoms with Gasteiger partial charge in [-0.2, -0.15) is 5.11 Å². The van der Waals surface area contributed by atoms with Crippen LogP contribution in [-0.2, 0) is 4.79 Å². The largest absolute Gasteiger partial charge is 0.295 e. The predicted octanol–water partition coefficient (Wildman–Crippen LogP) is 3.18. The minimum Gasteiger partial charge on any atom is -0.295 e. The van der Waals surface area contributed by atoms with Crippen LogP contribution in [0, 0.1) is 0 Å². The SMILES string of the molecule is CC(=O)C1(N=Nc2ccc(Cl)cc2)N=C1C. The van der Waals surface area contributed by atoms with Crippen LogP contribution >= 0.6 is 11.6 Å². The third-order valence-electron chi connectivity index (χ3n) is 2.41. The fraction of sp³-hybridized carbons (Fsp3) is 0.273. The third-order valence-corrected chi connectivity index (χ3v) is 2.66. The molecule has 0 radical (unpaired) electrons. The van der Waals surface area contributed by atoms with Crippen LogP contribution in [0.2, 0.25) is 5.02 Å². The van der Waals surface area contributed by atoms with Gasteiger partial charge >= 0.3 is 0 Å². The van der Waals surface area contributed by atoms with Gasteiger partial charge in [0.15, 0.2) is 5.78 Å². The van der Waals surface area contributed by atoms with Crippen LogP contribution in [0.3, 0.4) is 0 Å². The van der Waals surface area contributed by atoms with Crippen molar-refractivity contribution in [3.8, 4) is 0 Å². The lowest BCUT2D eigenvalue weighted by molar-refractivity contribution is -0.118. The molecule has 0 spiro atoms. The van der Waals surface area contributed by atoms with E-state index in [0.717, 1.165) is 0 Å². The van der Waals surface area contributed by atoms with Gasteiger partial charge in [0, 0.05) is 5.02 Å². The summed E-state index contributed by atoms with van der Waals surface area (Å²) in [6, 6.07) is 6.91. The molecule has 1 heterocycles. The maximum atomic E-state index is 11.3. The summed E-state index contributed by atoms with van der Waals surface area (Å²) in [4.78, 5) is 15.3. The molecule has 0 saturated carbocycles. The van der Waals surface area contributed by atoms with Gasteiger partial charge in [0.25, 0.3) is 5.66 Å². The summed E-state index contributed by atoms with van der Waals surface area (Å²) in [7, 11) is 0. The number of rotatable bonds is 3. The van der Waals surface area contributed by atoms with Gasteiger partial charge in [0.2, 0.25) is 0 Å². The lowest BCUT2D eigenvalue weighted by atomic mass is 10.1. The Morgan fingerprint density at radius 1 is 1.38 bits per heavy atom. The van der Waals surface area contributed by atoms with Crippen molar-refractivity contribution in [2.45, 2.75) is 19.5 Å². The highest BCUT2D eigenvalue weighted by Crippen LogP contribution is 2.32. The monoisotopic (exact) mass is 235 g/mol. The first kappa shape index (κ1) is 11.0. The summed E-state index contributed by atoms with van der Waals surface area (Å²) in [5.41, 5.74) is 0.345. The topological polar surface area (TPSA) is 54.1 Å². The van der Waals surface area contributed by atoms with E-state index in [1.165, 1.54) is 6.92 Å². The Kier molecular flexibility index (Phi) is 2.59. The van der Waals surface area contributed by atoms with E-state index in [1.807, 2.05) is 0 Å². The molecule has 1 atom stereocenters. The molecule has 0 N–H and O–H groups in total. The van der Waals surface area contributed by atoms with Crippen LogP contribution in [-0.4, -0.2) is 17.2 Å². The van der Waals surface area contributed by atoms with Gasteiger partial charge in [-0.15, -0.1) is 5.11 Å². The van der Waals surface area contributed by atoms with Crippen molar-refractivity contribution in [3.63, 3.8) is 0 Å². The Balaban J connectivity index is 2.16. The summed E-state index contributed by atoms with van der Waals surface area (Å²) in [5, 5.41) is 8.60. The van der Waals surface area contributed by atoms with E-state index in [2.05, 4.69) is 15.2 Å². The summed E-state index contributed by atoms with van der Waals surface area (Å²) in [6.07, 6.45) is 0. The Labute approximate surface area is 98.1 Å². The maximum Gasteiger partial charge on any atom is 0.266 e. The first-order valence-electron chi connectivity index (χ1n) is 4.81. The van der Waals surface area contributed by atoms with Crippen LogP contribution in [0.1, 0.15) is 13.8 Å². The van der Waals surface area contributed by atoms with Crippen LogP contribution in [0.25, 0.3) is 0 Å². The average molecular weight is 236 g/mol. The summed E-state index contributed by atoms with van der Waals surface area (Å²) in [6.45, 7) is 3.23. The molecule has 1 aliphatic heterocycles. The molecule has 0 saturated heterocycles. The number of nitrogens with zero attached hydrogens (tertiary/aromatic N) is 3. The maximum absolute atomic E-state index is 11.3. The molecule has 0 amide bonds. The molecule has 0 bridgehead atoms. The highest BCUT2D eigenvalue weighted by atomic mass is 35.5. The van der Waals surface area contributed by atoms with Gasteiger partial charge in [-0.25, -0.2) is 4.99 Å².